The lowest BCUT2D eigenvalue weighted by atomic mass is 10.0. The standard InChI is InChI=1S/C11H15N3O2/c1-11(2)4-3-7-14(11)9-8(10(15)16)12-5-6-13-9/h5-6H,3-4,7H2,1-2H3,(H,15,16). The SMILES string of the molecule is CC1(C)CCCN1c1nccnc1C(=O)O. The molecule has 86 valence electrons. The molecule has 2 heterocycles. The minimum Gasteiger partial charge on any atom is -0.476 e. The van der Waals surface area contributed by atoms with Crippen molar-refractivity contribution in [1.82, 2.24) is 9.97 Å². The van der Waals surface area contributed by atoms with Gasteiger partial charge in [0.15, 0.2) is 11.5 Å². The van der Waals surface area contributed by atoms with E-state index in [9.17, 15) is 4.79 Å². The second kappa shape index (κ2) is 3.73. The highest BCUT2D eigenvalue weighted by molar-refractivity contribution is 5.91. The van der Waals surface area contributed by atoms with Crippen LogP contribution in [0.2, 0.25) is 0 Å². The molecule has 1 saturated heterocycles. The minimum atomic E-state index is -1.02. The third-order valence-corrected chi connectivity index (χ3v) is 3.04. The van der Waals surface area contributed by atoms with Gasteiger partial charge in [0.25, 0.3) is 0 Å². The maximum absolute atomic E-state index is 11.1. The minimum absolute atomic E-state index is 0.0393. The summed E-state index contributed by atoms with van der Waals surface area (Å²) in [7, 11) is 0. The van der Waals surface area contributed by atoms with Crippen molar-refractivity contribution in [3.63, 3.8) is 0 Å². The van der Waals surface area contributed by atoms with Crippen molar-refractivity contribution < 1.29 is 9.90 Å². The summed E-state index contributed by atoms with van der Waals surface area (Å²) in [5.74, 6) is -0.539. The van der Waals surface area contributed by atoms with Crippen LogP contribution in [0, 0.1) is 0 Å². The van der Waals surface area contributed by atoms with E-state index in [1.807, 2.05) is 4.90 Å². The largest absolute Gasteiger partial charge is 0.476 e. The topological polar surface area (TPSA) is 66.3 Å². The molecule has 0 aliphatic carbocycles. The van der Waals surface area contributed by atoms with Gasteiger partial charge >= 0.3 is 5.97 Å². The fourth-order valence-electron chi connectivity index (χ4n) is 2.18. The van der Waals surface area contributed by atoms with E-state index >= 15 is 0 Å². The van der Waals surface area contributed by atoms with E-state index in [0.717, 1.165) is 19.4 Å². The van der Waals surface area contributed by atoms with Gasteiger partial charge in [-0.05, 0) is 26.7 Å². The molecule has 0 spiro atoms. The highest BCUT2D eigenvalue weighted by atomic mass is 16.4. The van der Waals surface area contributed by atoms with Crippen LogP contribution in [0.15, 0.2) is 12.4 Å². The maximum Gasteiger partial charge on any atom is 0.358 e. The van der Waals surface area contributed by atoms with E-state index in [2.05, 4.69) is 23.8 Å². The molecule has 1 aromatic rings. The second-order valence-corrected chi connectivity index (χ2v) is 4.60. The average molecular weight is 221 g/mol. The number of carboxylic acids is 1. The molecule has 1 fully saturated rings. The zero-order chi connectivity index (χ0) is 11.8. The molecule has 0 atom stereocenters. The molecule has 0 amide bonds. The lowest BCUT2D eigenvalue weighted by Crippen LogP contribution is -2.39. The zero-order valence-electron chi connectivity index (χ0n) is 9.47. The highest BCUT2D eigenvalue weighted by Crippen LogP contribution is 2.33. The molecule has 1 aliphatic rings. The third kappa shape index (κ3) is 1.73. The van der Waals surface area contributed by atoms with Crippen LogP contribution in [0.5, 0.6) is 0 Å². The van der Waals surface area contributed by atoms with Crippen LogP contribution in [-0.2, 0) is 0 Å². The maximum atomic E-state index is 11.1. The lowest BCUT2D eigenvalue weighted by Gasteiger charge is -2.32. The molecule has 0 radical (unpaired) electrons. The monoisotopic (exact) mass is 221 g/mol. The normalized spacial score (nSPS) is 18.8. The number of hydrogen-bond acceptors (Lipinski definition) is 4. The van der Waals surface area contributed by atoms with Gasteiger partial charge in [0.1, 0.15) is 0 Å². The lowest BCUT2D eigenvalue weighted by molar-refractivity contribution is 0.0690. The molecule has 0 unspecified atom stereocenters. The van der Waals surface area contributed by atoms with Crippen molar-refractivity contribution in [3.05, 3.63) is 18.1 Å². The summed E-state index contributed by atoms with van der Waals surface area (Å²) < 4.78 is 0. The van der Waals surface area contributed by atoms with E-state index in [-0.39, 0.29) is 11.2 Å². The van der Waals surface area contributed by atoms with Gasteiger partial charge in [-0.2, -0.15) is 0 Å². The summed E-state index contributed by atoms with van der Waals surface area (Å²) in [4.78, 5) is 21.1. The van der Waals surface area contributed by atoms with Gasteiger partial charge in [-0.15, -0.1) is 0 Å². The molecule has 16 heavy (non-hydrogen) atoms. The Balaban J connectivity index is 2.44. The molecule has 0 bridgehead atoms. The Morgan fingerprint density at radius 2 is 2.12 bits per heavy atom. The van der Waals surface area contributed by atoms with Crippen molar-refractivity contribution in [2.45, 2.75) is 32.2 Å². The third-order valence-electron chi connectivity index (χ3n) is 3.04. The number of nitrogens with zero attached hydrogens (tertiary/aromatic N) is 3. The number of aromatic nitrogens is 2. The van der Waals surface area contributed by atoms with Crippen molar-refractivity contribution in [1.29, 1.82) is 0 Å². The first-order valence-electron chi connectivity index (χ1n) is 5.34. The molecule has 0 aromatic carbocycles. The van der Waals surface area contributed by atoms with Crippen molar-refractivity contribution in [2.75, 3.05) is 11.4 Å². The molecule has 5 heteroatoms. The number of hydrogen-bond donors (Lipinski definition) is 1. The number of aromatic carboxylic acids is 1. The van der Waals surface area contributed by atoms with E-state index < -0.39 is 5.97 Å². The summed E-state index contributed by atoms with van der Waals surface area (Å²) in [6.45, 7) is 5.03. The van der Waals surface area contributed by atoms with Crippen LogP contribution in [0.4, 0.5) is 5.82 Å². The van der Waals surface area contributed by atoms with E-state index in [4.69, 9.17) is 5.11 Å². The number of anilines is 1. The predicted octanol–water partition coefficient (Wildman–Crippen LogP) is 1.55. The first kappa shape index (κ1) is 10.9. The van der Waals surface area contributed by atoms with E-state index in [0.29, 0.717) is 5.82 Å². The average Bonchev–Trinajstić information content (AvgIpc) is 2.58. The Bertz CT molecular complexity index is 417. The summed E-state index contributed by atoms with van der Waals surface area (Å²) in [5.41, 5.74) is -0.00211. The molecular weight excluding hydrogens is 206 g/mol. The Hall–Kier alpha value is -1.65. The fourth-order valence-corrected chi connectivity index (χ4v) is 2.18. The second-order valence-electron chi connectivity index (χ2n) is 4.60. The van der Waals surface area contributed by atoms with E-state index in [1.54, 1.807) is 0 Å². The van der Waals surface area contributed by atoms with Crippen LogP contribution >= 0.6 is 0 Å². The van der Waals surface area contributed by atoms with Gasteiger partial charge in [-0.1, -0.05) is 0 Å². The Labute approximate surface area is 94.1 Å². The van der Waals surface area contributed by atoms with Crippen molar-refractivity contribution in [3.8, 4) is 0 Å². The molecule has 1 aliphatic heterocycles. The molecule has 2 rings (SSSR count). The molecule has 5 nitrogen and oxygen atoms in total. The highest BCUT2D eigenvalue weighted by Gasteiger charge is 2.35. The van der Waals surface area contributed by atoms with Crippen molar-refractivity contribution >= 4 is 11.8 Å². The molecule has 1 N–H and O–H groups in total. The fraction of sp³-hybridized carbons (Fsp3) is 0.545. The van der Waals surface area contributed by atoms with Gasteiger partial charge in [-0.3, -0.25) is 0 Å². The predicted molar refractivity (Wildman–Crippen MR) is 59.7 cm³/mol. The van der Waals surface area contributed by atoms with Crippen LogP contribution in [0.3, 0.4) is 0 Å². The Morgan fingerprint density at radius 1 is 1.44 bits per heavy atom. The van der Waals surface area contributed by atoms with E-state index in [1.165, 1.54) is 12.4 Å². The summed E-state index contributed by atoms with van der Waals surface area (Å²) in [6.07, 6.45) is 5.05. The number of carbonyl (C=O) groups is 1. The summed E-state index contributed by atoms with van der Waals surface area (Å²) in [6, 6.07) is 0. The smallest absolute Gasteiger partial charge is 0.358 e. The summed E-state index contributed by atoms with van der Waals surface area (Å²) in [5, 5.41) is 9.07. The Kier molecular flexibility index (Phi) is 2.53. The van der Waals surface area contributed by atoms with Crippen LogP contribution < -0.4 is 4.90 Å². The van der Waals surface area contributed by atoms with Crippen LogP contribution in [0.25, 0.3) is 0 Å². The molecule has 1 aromatic heterocycles. The van der Waals surface area contributed by atoms with Gasteiger partial charge in [0, 0.05) is 24.5 Å². The summed E-state index contributed by atoms with van der Waals surface area (Å²) >= 11 is 0. The van der Waals surface area contributed by atoms with Crippen molar-refractivity contribution in [2.24, 2.45) is 0 Å². The first-order chi connectivity index (χ1) is 7.52. The molecular formula is C11H15N3O2. The van der Waals surface area contributed by atoms with Gasteiger partial charge < -0.3 is 10.0 Å². The van der Waals surface area contributed by atoms with Crippen LogP contribution in [-0.4, -0.2) is 33.1 Å². The van der Waals surface area contributed by atoms with Gasteiger partial charge in [0.2, 0.25) is 0 Å². The zero-order valence-corrected chi connectivity index (χ0v) is 9.47. The first-order valence-corrected chi connectivity index (χ1v) is 5.34. The van der Waals surface area contributed by atoms with Crippen LogP contribution in [0.1, 0.15) is 37.2 Å². The quantitative estimate of drug-likeness (QED) is 0.820. The van der Waals surface area contributed by atoms with Gasteiger partial charge in [0.05, 0.1) is 0 Å². The van der Waals surface area contributed by atoms with Gasteiger partial charge in [-0.25, -0.2) is 14.8 Å². The number of carboxylic acid groups (broad SMARTS) is 1. The molecule has 0 saturated carbocycles. The number of rotatable bonds is 2. The Morgan fingerprint density at radius 3 is 2.69 bits per heavy atom.